The number of anilines is 1. The number of benzene rings is 1. The van der Waals surface area contributed by atoms with Gasteiger partial charge in [0.05, 0.1) is 11.2 Å². The van der Waals surface area contributed by atoms with Crippen LogP contribution < -0.4 is 11.1 Å². The summed E-state index contributed by atoms with van der Waals surface area (Å²) in [7, 11) is 0. The highest BCUT2D eigenvalue weighted by atomic mass is 19.1. The van der Waals surface area contributed by atoms with E-state index >= 15 is 0 Å². The summed E-state index contributed by atoms with van der Waals surface area (Å²) in [6, 6.07) is 9.02. The van der Waals surface area contributed by atoms with Crippen LogP contribution in [0.25, 0.3) is 22.3 Å². The van der Waals surface area contributed by atoms with Crippen molar-refractivity contribution in [2.45, 2.75) is 25.4 Å². The Bertz CT molecular complexity index is 927. The number of fused-ring (bicyclic) bond motifs is 1. The average Bonchev–Trinajstić information content (AvgIpc) is 2.67. The Labute approximate surface area is 150 Å². The van der Waals surface area contributed by atoms with Crippen molar-refractivity contribution in [3.05, 3.63) is 48.0 Å². The smallest absolute Gasteiger partial charge is 0.153 e. The third kappa shape index (κ3) is 3.63. The maximum Gasteiger partial charge on any atom is 0.153 e. The summed E-state index contributed by atoms with van der Waals surface area (Å²) in [4.78, 5) is 12.6. The van der Waals surface area contributed by atoms with Gasteiger partial charge in [0, 0.05) is 31.4 Å². The topological polar surface area (TPSA) is 86.0 Å². The molecule has 1 aliphatic heterocycles. The Morgan fingerprint density at radius 1 is 1.15 bits per heavy atom. The number of halogens is 1. The van der Waals surface area contributed by atoms with Crippen LogP contribution in [0.1, 0.15) is 18.4 Å². The Hall–Kier alpha value is -2.64. The standard InChI is InChI=1S/C19H20FN5O/c20-14-8-12(10-22-15-3-5-26-6-4-15)7-13(9-14)16-1-2-17-18(25-16)19(21)24-11-23-17/h1-2,7-9,11,15,22H,3-6,10H2,(H2,21,23,24). The van der Waals surface area contributed by atoms with Gasteiger partial charge in [-0.05, 0) is 48.7 Å². The Balaban J connectivity index is 1.60. The summed E-state index contributed by atoms with van der Waals surface area (Å²) in [6.07, 6.45) is 3.36. The molecule has 0 atom stereocenters. The Kier molecular flexibility index (Phi) is 4.73. The zero-order chi connectivity index (χ0) is 17.9. The van der Waals surface area contributed by atoms with Crippen LogP contribution >= 0.6 is 0 Å². The van der Waals surface area contributed by atoms with E-state index in [9.17, 15) is 4.39 Å². The summed E-state index contributed by atoms with van der Waals surface area (Å²) in [5.74, 6) is 0.0279. The second-order valence-electron chi connectivity index (χ2n) is 6.44. The minimum atomic E-state index is -0.287. The first-order chi connectivity index (χ1) is 12.7. The number of hydrogen-bond acceptors (Lipinski definition) is 6. The van der Waals surface area contributed by atoms with Crippen molar-refractivity contribution in [3.63, 3.8) is 0 Å². The van der Waals surface area contributed by atoms with Crippen LogP contribution in [0.4, 0.5) is 10.2 Å². The van der Waals surface area contributed by atoms with E-state index in [1.807, 2.05) is 18.2 Å². The summed E-state index contributed by atoms with van der Waals surface area (Å²) in [6.45, 7) is 2.15. The molecule has 7 heteroatoms. The number of rotatable bonds is 4. The molecule has 3 heterocycles. The highest BCUT2D eigenvalue weighted by molar-refractivity contribution is 5.85. The van der Waals surface area contributed by atoms with Crippen LogP contribution in [-0.2, 0) is 11.3 Å². The first-order valence-corrected chi connectivity index (χ1v) is 8.67. The molecule has 1 saturated heterocycles. The number of nitrogens with one attached hydrogen (secondary N) is 1. The quantitative estimate of drug-likeness (QED) is 0.750. The number of aromatic nitrogens is 3. The lowest BCUT2D eigenvalue weighted by molar-refractivity contribution is 0.0776. The van der Waals surface area contributed by atoms with Gasteiger partial charge in [-0.15, -0.1) is 0 Å². The highest BCUT2D eigenvalue weighted by Crippen LogP contribution is 2.24. The van der Waals surface area contributed by atoms with Crippen LogP contribution in [0.15, 0.2) is 36.7 Å². The molecule has 0 spiro atoms. The Morgan fingerprint density at radius 2 is 2.00 bits per heavy atom. The van der Waals surface area contributed by atoms with E-state index in [4.69, 9.17) is 10.5 Å². The molecule has 4 rings (SSSR count). The predicted octanol–water partition coefficient (Wildman–Crippen LogP) is 2.68. The second kappa shape index (κ2) is 7.31. The minimum Gasteiger partial charge on any atom is -0.382 e. The molecule has 0 bridgehead atoms. The highest BCUT2D eigenvalue weighted by Gasteiger charge is 2.14. The van der Waals surface area contributed by atoms with Gasteiger partial charge in [-0.25, -0.2) is 19.3 Å². The van der Waals surface area contributed by atoms with Crippen LogP contribution in [0.3, 0.4) is 0 Å². The lowest BCUT2D eigenvalue weighted by atomic mass is 10.1. The molecule has 6 nitrogen and oxygen atoms in total. The molecule has 134 valence electrons. The molecule has 0 amide bonds. The van der Waals surface area contributed by atoms with Crippen LogP contribution in [0.5, 0.6) is 0 Å². The van der Waals surface area contributed by atoms with E-state index in [2.05, 4.69) is 20.3 Å². The molecular formula is C19H20FN5O. The number of nitrogens with two attached hydrogens (primary N) is 1. The van der Waals surface area contributed by atoms with Crippen molar-refractivity contribution < 1.29 is 9.13 Å². The first-order valence-electron chi connectivity index (χ1n) is 8.67. The zero-order valence-corrected chi connectivity index (χ0v) is 14.3. The number of nitrogen functional groups attached to an aromatic ring is 1. The summed E-state index contributed by atoms with van der Waals surface area (Å²) >= 11 is 0. The van der Waals surface area contributed by atoms with Gasteiger partial charge in [-0.2, -0.15) is 0 Å². The lowest BCUT2D eigenvalue weighted by Gasteiger charge is -2.23. The van der Waals surface area contributed by atoms with Crippen molar-refractivity contribution in [1.29, 1.82) is 0 Å². The fourth-order valence-corrected chi connectivity index (χ4v) is 3.18. The molecule has 0 aliphatic carbocycles. The maximum absolute atomic E-state index is 14.1. The molecule has 0 unspecified atom stereocenters. The molecule has 0 saturated carbocycles. The van der Waals surface area contributed by atoms with Gasteiger partial charge >= 0.3 is 0 Å². The zero-order valence-electron chi connectivity index (χ0n) is 14.3. The third-order valence-electron chi connectivity index (χ3n) is 4.58. The SMILES string of the molecule is Nc1ncnc2ccc(-c3cc(F)cc(CNC4CCOCC4)c3)nc12. The molecule has 3 N–H and O–H groups in total. The molecule has 26 heavy (non-hydrogen) atoms. The predicted molar refractivity (Wildman–Crippen MR) is 97.8 cm³/mol. The Morgan fingerprint density at radius 3 is 2.85 bits per heavy atom. The normalized spacial score (nSPS) is 15.4. The maximum atomic E-state index is 14.1. The number of hydrogen-bond donors (Lipinski definition) is 2. The average molecular weight is 353 g/mol. The van der Waals surface area contributed by atoms with E-state index in [1.165, 1.54) is 12.4 Å². The van der Waals surface area contributed by atoms with Crippen molar-refractivity contribution in [2.75, 3.05) is 18.9 Å². The minimum absolute atomic E-state index is 0.287. The molecular weight excluding hydrogens is 333 g/mol. The molecule has 3 aromatic rings. The largest absolute Gasteiger partial charge is 0.382 e. The molecule has 1 aliphatic rings. The third-order valence-corrected chi connectivity index (χ3v) is 4.58. The fourth-order valence-electron chi connectivity index (χ4n) is 3.18. The van der Waals surface area contributed by atoms with Gasteiger partial charge in [0.1, 0.15) is 17.7 Å². The van der Waals surface area contributed by atoms with Crippen LogP contribution in [-0.4, -0.2) is 34.2 Å². The summed E-state index contributed by atoms with van der Waals surface area (Å²) in [5, 5.41) is 3.48. The van der Waals surface area contributed by atoms with Gasteiger partial charge in [-0.3, -0.25) is 0 Å². The van der Waals surface area contributed by atoms with Gasteiger partial charge in [0.15, 0.2) is 5.82 Å². The van der Waals surface area contributed by atoms with Crippen LogP contribution in [0, 0.1) is 5.82 Å². The van der Waals surface area contributed by atoms with E-state index in [0.29, 0.717) is 40.7 Å². The van der Waals surface area contributed by atoms with E-state index in [-0.39, 0.29) is 5.82 Å². The summed E-state index contributed by atoms with van der Waals surface area (Å²) in [5.41, 5.74) is 9.31. The molecule has 2 aromatic heterocycles. The van der Waals surface area contributed by atoms with E-state index in [0.717, 1.165) is 31.6 Å². The first kappa shape index (κ1) is 16.8. The monoisotopic (exact) mass is 353 g/mol. The van der Waals surface area contributed by atoms with Gasteiger partial charge in [-0.1, -0.05) is 0 Å². The summed E-state index contributed by atoms with van der Waals surface area (Å²) < 4.78 is 19.5. The number of pyridine rings is 1. The van der Waals surface area contributed by atoms with Gasteiger partial charge in [0.25, 0.3) is 0 Å². The number of ether oxygens (including phenoxy) is 1. The van der Waals surface area contributed by atoms with Gasteiger partial charge < -0.3 is 15.8 Å². The molecule has 1 aromatic carbocycles. The molecule has 0 radical (unpaired) electrons. The van der Waals surface area contributed by atoms with E-state index in [1.54, 1.807) is 6.07 Å². The van der Waals surface area contributed by atoms with Gasteiger partial charge in [0.2, 0.25) is 0 Å². The molecule has 1 fully saturated rings. The number of nitrogens with zero attached hydrogens (tertiary/aromatic N) is 3. The fraction of sp³-hybridized carbons (Fsp3) is 0.316. The lowest BCUT2D eigenvalue weighted by Crippen LogP contribution is -2.34. The van der Waals surface area contributed by atoms with Crippen molar-refractivity contribution in [2.24, 2.45) is 0 Å². The second-order valence-corrected chi connectivity index (χ2v) is 6.44. The van der Waals surface area contributed by atoms with Crippen molar-refractivity contribution >= 4 is 16.9 Å². The van der Waals surface area contributed by atoms with Crippen molar-refractivity contribution in [3.8, 4) is 11.3 Å². The van der Waals surface area contributed by atoms with Crippen molar-refractivity contribution in [1.82, 2.24) is 20.3 Å². The van der Waals surface area contributed by atoms with E-state index < -0.39 is 0 Å². The van der Waals surface area contributed by atoms with Crippen LogP contribution in [0.2, 0.25) is 0 Å².